The molecule has 0 spiro atoms. The Labute approximate surface area is 151 Å². The van der Waals surface area contributed by atoms with Crippen molar-refractivity contribution in [2.45, 2.75) is 58.0 Å². The van der Waals surface area contributed by atoms with Crippen LogP contribution in [0.1, 0.15) is 46.4 Å². The number of hydrogen-bond donors (Lipinski definition) is 2. The molecule has 0 bridgehead atoms. The Hall–Kier alpha value is -2.20. The van der Waals surface area contributed by atoms with E-state index < -0.39 is 40.3 Å². The molecule has 2 rings (SSSR count). The molecular weight excluding hydrogens is 344 g/mol. The third kappa shape index (κ3) is 4.31. The number of carbonyl (C=O) groups is 1. The van der Waals surface area contributed by atoms with Gasteiger partial charge in [0.05, 0.1) is 17.6 Å². The van der Waals surface area contributed by atoms with Gasteiger partial charge in [0.25, 0.3) is 0 Å². The number of ether oxygens (including phenoxy) is 2. The molecule has 0 saturated carbocycles. The lowest BCUT2D eigenvalue weighted by Crippen LogP contribution is -2.61. The van der Waals surface area contributed by atoms with Crippen LogP contribution in [0.15, 0.2) is 6.20 Å². The van der Waals surface area contributed by atoms with Crippen molar-refractivity contribution in [1.82, 2.24) is 15.1 Å². The van der Waals surface area contributed by atoms with Crippen molar-refractivity contribution >= 4 is 11.8 Å². The van der Waals surface area contributed by atoms with Crippen molar-refractivity contribution in [3.05, 3.63) is 22.0 Å². The van der Waals surface area contributed by atoms with E-state index in [0.29, 0.717) is 0 Å². The molecule has 1 fully saturated rings. The molecule has 1 aliphatic heterocycles. The molecule has 2 N–H and O–H groups in total. The quantitative estimate of drug-likeness (QED) is 0.612. The molecular formula is C16H26N4O6. The molecule has 1 aromatic heterocycles. The summed E-state index contributed by atoms with van der Waals surface area (Å²) in [5, 5.41) is 28.8. The number of nitro groups is 1. The van der Waals surface area contributed by atoms with E-state index in [0.717, 1.165) is 0 Å². The third-order valence-electron chi connectivity index (χ3n) is 4.20. The number of aryl methyl sites for hydroxylation is 1. The topological polar surface area (TPSA) is 129 Å². The van der Waals surface area contributed by atoms with Crippen LogP contribution in [0.3, 0.4) is 0 Å². The standard InChI is InChI=1S/C16H26N4O6/c1-9-12(11-10(20(23)24)7-19(6)18-11)25-8-16(5,22)13(9)17-14(21)26-15(2,3)4/h7,9,12-13,22H,8H2,1-6H3,(H,17,21). The first kappa shape index (κ1) is 20.1. The van der Waals surface area contributed by atoms with Gasteiger partial charge in [0.15, 0.2) is 5.69 Å². The number of amides is 1. The molecule has 10 heteroatoms. The normalized spacial score (nSPS) is 29.3. The maximum absolute atomic E-state index is 12.2. The Bertz CT molecular complexity index is 693. The first-order valence-corrected chi connectivity index (χ1v) is 8.33. The van der Waals surface area contributed by atoms with Crippen LogP contribution in [0, 0.1) is 16.0 Å². The zero-order valence-electron chi connectivity index (χ0n) is 15.8. The zero-order valence-corrected chi connectivity index (χ0v) is 15.8. The van der Waals surface area contributed by atoms with E-state index in [2.05, 4.69) is 10.4 Å². The lowest BCUT2D eigenvalue weighted by Gasteiger charge is -2.44. The van der Waals surface area contributed by atoms with Crippen LogP contribution in [0.25, 0.3) is 0 Å². The van der Waals surface area contributed by atoms with Gasteiger partial charge in [-0.3, -0.25) is 14.8 Å². The Kier molecular flexibility index (Phi) is 5.29. The summed E-state index contributed by atoms with van der Waals surface area (Å²) in [7, 11) is 1.58. The fraction of sp³-hybridized carbons (Fsp3) is 0.750. The van der Waals surface area contributed by atoms with Crippen LogP contribution in [0.2, 0.25) is 0 Å². The summed E-state index contributed by atoms with van der Waals surface area (Å²) in [6.07, 6.45) is -0.128. The Balaban J connectivity index is 2.28. The van der Waals surface area contributed by atoms with E-state index in [9.17, 15) is 20.0 Å². The SMILES string of the molecule is CC1C(c2nn(C)cc2[N+](=O)[O-])OCC(C)(O)C1NC(=O)OC(C)(C)C. The molecule has 2 heterocycles. The van der Waals surface area contributed by atoms with Gasteiger partial charge in [0.2, 0.25) is 0 Å². The summed E-state index contributed by atoms with van der Waals surface area (Å²) < 4.78 is 12.3. The molecule has 1 aromatic rings. The van der Waals surface area contributed by atoms with E-state index in [1.54, 1.807) is 34.7 Å². The Morgan fingerprint density at radius 3 is 2.73 bits per heavy atom. The van der Waals surface area contributed by atoms with Crippen LogP contribution < -0.4 is 5.32 Å². The molecule has 146 valence electrons. The number of aromatic nitrogens is 2. The van der Waals surface area contributed by atoms with Gasteiger partial charge < -0.3 is 19.9 Å². The van der Waals surface area contributed by atoms with Crippen LogP contribution in [0.5, 0.6) is 0 Å². The largest absolute Gasteiger partial charge is 0.444 e. The van der Waals surface area contributed by atoms with Crippen molar-refractivity contribution in [2.24, 2.45) is 13.0 Å². The molecule has 0 aliphatic carbocycles. The summed E-state index contributed by atoms with van der Waals surface area (Å²) >= 11 is 0. The van der Waals surface area contributed by atoms with Gasteiger partial charge in [-0.05, 0) is 27.7 Å². The average Bonchev–Trinajstić information content (AvgIpc) is 2.83. The second kappa shape index (κ2) is 6.84. The van der Waals surface area contributed by atoms with E-state index in [1.807, 2.05) is 0 Å². The smallest absolute Gasteiger partial charge is 0.407 e. The summed E-state index contributed by atoms with van der Waals surface area (Å²) in [5.41, 5.74) is -2.06. The molecule has 10 nitrogen and oxygen atoms in total. The zero-order chi connectivity index (χ0) is 19.9. The lowest BCUT2D eigenvalue weighted by molar-refractivity contribution is -0.386. The Morgan fingerprint density at radius 2 is 2.19 bits per heavy atom. The third-order valence-corrected chi connectivity index (χ3v) is 4.20. The summed E-state index contributed by atoms with van der Waals surface area (Å²) in [5.74, 6) is -0.486. The first-order chi connectivity index (χ1) is 11.8. The van der Waals surface area contributed by atoms with Crippen LogP contribution in [-0.2, 0) is 16.5 Å². The maximum atomic E-state index is 12.2. The maximum Gasteiger partial charge on any atom is 0.407 e. The van der Waals surface area contributed by atoms with Crippen molar-refractivity contribution in [1.29, 1.82) is 0 Å². The monoisotopic (exact) mass is 370 g/mol. The predicted octanol–water partition coefficient (Wildman–Crippen LogP) is 1.68. The van der Waals surface area contributed by atoms with Crippen LogP contribution in [-0.4, -0.2) is 49.8 Å². The highest BCUT2D eigenvalue weighted by atomic mass is 16.6. The molecule has 0 radical (unpaired) electrons. The molecule has 1 aliphatic rings. The lowest BCUT2D eigenvalue weighted by atomic mass is 9.80. The molecule has 4 unspecified atom stereocenters. The number of alkyl carbamates (subject to hydrolysis) is 1. The summed E-state index contributed by atoms with van der Waals surface area (Å²) in [4.78, 5) is 22.9. The molecule has 0 aromatic carbocycles. The Morgan fingerprint density at radius 1 is 1.58 bits per heavy atom. The van der Waals surface area contributed by atoms with Crippen LogP contribution in [0.4, 0.5) is 10.5 Å². The molecule has 1 saturated heterocycles. The highest BCUT2D eigenvalue weighted by Crippen LogP contribution is 2.40. The number of aliphatic hydroxyl groups is 1. The van der Waals surface area contributed by atoms with Gasteiger partial charge in [-0.25, -0.2) is 4.79 Å². The van der Waals surface area contributed by atoms with Gasteiger partial charge in [0, 0.05) is 13.0 Å². The van der Waals surface area contributed by atoms with E-state index in [4.69, 9.17) is 9.47 Å². The first-order valence-electron chi connectivity index (χ1n) is 8.33. The number of nitrogens with zero attached hydrogens (tertiary/aromatic N) is 3. The van der Waals surface area contributed by atoms with E-state index in [1.165, 1.54) is 17.8 Å². The van der Waals surface area contributed by atoms with Crippen molar-refractivity contribution < 1.29 is 24.3 Å². The van der Waals surface area contributed by atoms with Gasteiger partial charge in [0.1, 0.15) is 23.5 Å². The minimum Gasteiger partial charge on any atom is -0.444 e. The van der Waals surface area contributed by atoms with E-state index in [-0.39, 0.29) is 18.0 Å². The van der Waals surface area contributed by atoms with Crippen molar-refractivity contribution in [3.8, 4) is 0 Å². The highest BCUT2D eigenvalue weighted by molar-refractivity contribution is 5.68. The number of nitrogens with one attached hydrogen (secondary N) is 1. The fourth-order valence-electron chi connectivity index (χ4n) is 3.13. The average molecular weight is 370 g/mol. The number of rotatable bonds is 3. The van der Waals surface area contributed by atoms with Crippen LogP contribution >= 0.6 is 0 Å². The highest BCUT2D eigenvalue weighted by Gasteiger charge is 2.48. The van der Waals surface area contributed by atoms with E-state index >= 15 is 0 Å². The predicted molar refractivity (Wildman–Crippen MR) is 91.5 cm³/mol. The molecule has 4 atom stereocenters. The summed E-state index contributed by atoms with van der Waals surface area (Å²) in [6.45, 7) is 8.36. The van der Waals surface area contributed by atoms with Crippen molar-refractivity contribution in [3.63, 3.8) is 0 Å². The number of carbonyl (C=O) groups excluding carboxylic acids is 1. The van der Waals surface area contributed by atoms with Gasteiger partial charge >= 0.3 is 11.8 Å². The fourth-order valence-corrected chi connectivity index (χ4v) is 3.13. The number of hydrogen-bond acceptors (Lipinski definition) is 7. The minimum atomic E-state index is -1.36. The minimum absolute atomic E-state index is 0.115. The molecule has 1 amide bonds. The van der Waals surface area contributed by atoms with Gasteiger partial charge in [-0.2, -0.15) is 5.10 Å². The molecule has 26 heavy (non-hydrogen) atoms. The van der Waals surface area contributed by atoms with Gasteiger partial charge in [-0.1, -0.05) is 6.92 Å². The second-order valence-electron chi connectivity index (χ2n) is 7.90. The van der Waals surface area contributed by atoms with Crippen molar-refractivity contribution in [2.75, 3.05) is 6.61 Å². The van der Waals surface area contributed by atoms with Gasteiger partial charge in [-0.15, -0.1) is 0 Å². The second-order valence-corrected chi connectivity index (χ2v) is 7.90. The summed E-state index contributed by atoms with van der Waals surface area (Å²) in [6, 6.07) is -0.738.